The molecule has 0 radical (unpaired) electrons. The first-order chi connectivity index (χ1) is 8.38. The number of methoxy groups -OCH3 is 1. The van der Waals surface area contributed by atoms with Crippen molar-refractivity contribution in [3.8, 4) is 5.75 Å². The van der Waals surface area contributed by atoms with Gasteiger partial charge in [-0.05, 0) is 36.4 Å². The summed E-state index contributed by atoms with van der Waals surface area (Å²) in [6.45, 7) is 1.04. The van der Waals surface area contributed by atoms with Crippen molar-refractivity contribution in [2.75, 3.05) is 18.6 Å². The molecule has 1 saturated heterocycles. The molecule has 0 amide bonds. The van der Waals surface area contributed by atoms with Crippen LogP contribution in [-0.4, -0.2) is 18.6 Å². The summed E-state index contributed by atoms with van der Waals surface area (Å²) >= 11 is 0. The maximum absolute atomic E-state index is 5.15. The van der Waals surface area contributed by atoms with Crippen molar-refractivity contribution in [1.82, 2.24) is 4.98 Å². The van der Waals surface area contributed by atoms with Crippen LogP contribution in [0.15, 0.2) is 48.7 Å². The van der Waals surface area contributed by atoms with Gasteiger partial charge in [0, 0.05) is 18.4 Å². The van der Waals surface area contributed by atoms with Crippen molar-refractivity contribution < 1.29 is 4.74 Å². The van der Waals surface area contributed by atoms with E-state index in [9.17, 15) is 0 Å². The highest BCUT2D eigenvalue weighted by Crippen LogP contribution is 2.39. The Labute approximate surface area is 101 Å². The van der Waals surface area contributed by atoms with E-state index in [2.05, 4.69) is 28.1 Å². The molecule has 2 heterocycles. The largest absolute Gasteiger partial charge is 0.497 e. The van der Waals surface area contributed by atoms with Gasteiger partial charge in [0.25, 0.3) is 0 Å². The van der Waals surface area contributed by atoms with Crippen LogP contribution < -0.4 is 9.64 Å². The van der Waals surface area contributed by atoms with Gasteiger partial charge in [0.2, 0.25) is 0 Å². The first-order valence-corrected chi connectivity index (χ1v) is 5.70. The minimum absolute atomic E-state index is 0.435. The quantitative estimate of drug-likeness (QED) is 0.752. The van der Waals surface area contributed by atoms with E-state index in [1.165, 1.54) is 5.69 Å². The van der Waals surface area contributed by atoms with Crippen LogP contribution in [0.3, 0.4) is 0 Å². The molecule has 1 aliphatic heterocycles. The molecule has 1 atom stereocenters. The van der Waals surface area contributed by atoms with Gasteiger partial charge in [0.05, 0.1) is 18.8 Å². The highest BCUT2D eigenvalue weighted by atomic mass is 16.5. The van der Waals surface area contributed by atoms with E-state index in [0.29, 0.717) is 6.04 Å². The van der Waals surface area contributed by atoms with Crippen LogP contribution in [-0.2, 0) is 0 Å². The fraction of sp³-hybridized carbons (Fsp3) is 0.214. The Bertz CT molecular complexity index is 495. The molecule has 3 nitrogen and oxygen atoms in total. The standard InChI is InChI=1S/C14H14N2O/c1-17-12-7-5-11(6-8-12)16-10-14(16)13-4-2-3-9-15-13/h2-9,14H,10H2,1H3. The van der Waals surface area contributed by atoms with Crippen molar-refractivity contribution >= 4 is 5.69 Å². The SMILES string of the molecule is COc1ccc(N2CC2c2ccccn2)cc1. The number of anilines is 1. The van der Waals surface area contributed by atoms with Gasteiger partial charge >= 0.3 is 0 Å². The van der Waals surface area contributed by atoms with Gasteiger partial charge in [-0.3, -0.25) is 4.98 Å². The first kappa shape index (κ1) is 10.1. The van der Waals surface area contributed by atoms with Crippen molar-refractivity contribution in [2.45, 2.75) is 6.04 Å². The van der Waals surface area contributed by atoms with Crippen molar-refractivity contribution in [1.29, 1.82) is 0 Å². The minimum atomic E-state index is 0.435. The van der Waals surface area contributed by atoms with Crippen LogP contribution in [0, 0.1) is 0 Å². The molecule has 0 saturated carbocycles. The number of hydrogen-bond acceptors (Lipinski definition) is 3. The highest BCUT2D eigenvalue weighted by molar-refractivity contribution is 5.56. The van der Waals surface area contributed by atoms with Gasteiger partial charge in [-0.1, -0.05) is 6.07 Å². The number of hydrogen-bond donors (Lipinski definition) is 0. The molecule has 0 spiro atoms. The molecule has 0 aliphatic carbocycles. The second kappa shape index (κ2) is 4.09. The van der Waals surface area contributed by atoms with E-state index in [1.807, 2.05) is 30.5 Å². The first-order valence-electron chi connectivity index (χ1n) is 5.70. The van der Waals surface area contributed by atoms with E-state index in [1.54, 1.807) is 7.11 Å². The van der Waals surface area contributed by atoms with Crippen molar-refractivity contribution in [3.05, 3.63) is 54.4 Å². The molecule has 0 N–H and O–H groups in total. The van der Waals surface area contributed by atoms with Crippen LogP contribution in [0.4, 0.5) is 5.69 Å². The lowest BCUT2D eigenvalue weighted by Crippen LogP contribution is -1.95. The number of benzene rings is 1. The lowest BCUT2D eigenvalue weighted by molar-refractivity contribution is 0.415. The second-order valence-corrected chi connectivity index (χ2v) is 4.12. The molecule has 0 bridgehead atoms. The van der Waals surface area contributed by atoms with Crippen LogP contribution in [0.25, 0.3) is 0 Å². The number of rotatable bonds is 3. The summed E-state index contributed by atoms with van der Waals surface area (Å²) in [5.74, 6) is 0.894. The molecule has 1 unspecified atom stereocenters. The normalized spacial score (nSPS) is 17.9. The minimum Gasteiger partial charge on any atom is -0.497 e. The van der Waals surface area contributed by atoms with Crippen molar-refractivity contribution in [3.63, 3.8) is 0 Å². The third kappa shape index (κ3) is 1.96. The van der Waals surface area contributed by atoms with Gasteiger partial charge in [-0.15, -0.1) is 0 Å². The molecule has 1 aromatic heterocycles. The number of ether oxygens (including phenoxy) is 1. The number of aromatic nitrogens is 1. The molecular formula is C14H14N2O. The molecule has 86 valence electrons. The molecule has 2 aromatic rings. The third-order valence-corrected chi connectivity index (χ3v) is 3.05. The molecular weight excluding hydrogens is 212 g/mol. The zero-order valence-electron chi connectivity index (χ0n) is 9.71. The maximum atomic E-state index is 5.15. The zero-order valence-corrected chi connectivity index (χ0v) is 9.71. The fourth-order valence-corrected chi connectivity index (χ4v) is 2.02. The van der Waals surface area contributed by atoms with E-state index >= 15 is 0 Å². The third-order valence-electron chi connectivity index (χ3n) is 3.05. The smallest absolute Gasteiger partial charge is 0.119 e. The van der Waals surface area contributed by atoms with E-state index < -0.39 is 0 Å². The lowest BCUT2D eigenvalue weighted by atomic mass is 10.2. The van der Waals surface area contributed by atoms with Gasteiger partial charge in [-0.25, -0.2) is 0 Å². The monoisotopic (exact) mass is 226 g/mol. The fourth-order valence-electron chi connectivity index (χ4n) is 2.02. The summed E-state index contributed by atoms with van der Waals surface area (Å²) in [6.07, 6.45) is 1.85. The van der Waals surface area contributed by atoms with Crippen LogP contribution in [0.5, 0.6) is 5.75 Å². The predicted molar refractivity (Wildman–Crippen MR) is 67.3 cm³/mol. The molecule has 17 heavy (non-hydrogen) atoms. The Morgan fingerprint density at radius 2 is 2.00 bits per heavy atom. The topological polar surface area (TPSA) is 25.1 Å². The number of nitrogens with zero attached hydrogens (tertiary/aromatic N) is 2. The molecule has 1 fully saturated rings. The Balaban J connectivity index is 1.76. The summed E-state index contributed by atoms with van der Waals surface area (Å²) in [5.41, 5.74) is 2.37. The lowest BCUT2D eigenvalue weighted by Gasteiger charge is -2.06. The summed E-state index contributed by atoms with van der Waals surface area (Å²) < 4.78 is 5.15. The van der Waals surface area contributed by atoms with Gasteiger partial charge in [-0.2, -0.15) is 0 Å². The molecule has 1 aliphatic rings. The zero-order chi connectivity index (χ0) is 11.7. The maximum Gasteiger partial charge on any atom is 0.119 e. The van der Waals surface area contributed by atoms with Crippen LogP contribution in [0.1, 0.15) is 11.7 Å². The Kier molecular flexibility index (Phi) is 2.44. The van der Waals surface area contributed by atoms with Crippen LogP contribution in [0.2, 0.25) is 0 Å². The Morgan fingerprint density at radius 1 is 1.18 bits per heavy atom. The van der Waals surface area contributed by atoms with E-state index in [0.717, 1.165) is 18.0 Å². The van der Waals surface area contributed by atoms with Crippen molar-refractivity contribution in [2.24, 2.45) is 0 Å². The van der Waals surface area contributed by atoms with Gasteiger partial charge in [0.1, 0.15) is 5.75 Å². The predicted octanol–water partition coefficient (Wildman–Crippen LogP) is 2.65. The van der Waals surface area contributed by atoms with Gasteiger partial charge in [0.15, 0.2) is 0 Å². The van der Waals surface area contributed by atoms with E-state index in [-0.39, 0.29) is 0 Å². The van der Waals surface area contributed by atoms with Gasteiger partial charge < -0.3 is 9.64 Å². The van der Waals surface area contributed by atoms with E-state index in [4.69, 9.17) is 4.74 Å². The Morgan fingerprint density at radius 3 is 2.65 bits per heavy atom. The highest BCUT2D eigenvalue weighted by Gasteiger charge is 2.36. The average Bonchev–Trinajstić information content (AvgIpc) is 3.20. The molecule has 3 rings (SSSR count). The Hall–Kier alpha value is -2.03. The summed E-state index contributed by atoms with van der Waals surface area (Å²) in [4.78, 5) is 6.71. The van der Waals surface area contributed by atoms with Crippen LogP contribution >= 0.6 is 0 Å². The summed E-state index contributed by atoms with van der Waals surface area (Å²) in [7, 11) is 1.68. The second-order valence-electron chi connectivity index (χ2n) is 4.12. The number of pyridine rings is 1. The summed E-state index contributed by atoms with van der Waals surface area (Å²) in [6, 6.07) is 14.6. The molecule has 3 heteroatoms. The average molecular weight is 226 g/mol. The molecule has 1 aromatic carbocycles. The summed E-state index contributed by atoms with van der Waals surface area (Å²) in [5, 5.41) is 0.